The molecule has 1 atom stereocenters. The maximum atomic E-state index is 10.8. The third kappa shape index (κ3) is 10.3. The Morgan fingerprint density at radius 3 is 2.22 bits per heavy atom. The standard InChI is InChI=1S/C13H27NO3.Na/c1-11(2)7-5-4-6-8-14(9-10-15)12(3)13(16)17;/h11-12,15H,4-10H2,1-3H3,(H,16,17);/q;+1/p-1/t12-;/m0./s1. The van der Waals surface area contributed by atoms with E-state index in [1.54, 1.807) is 11.8 Å². The molecule has 102 valence electrons. The molecule has 0 aliphatic rings. The summed E-state index contributed by atoms with van der Waals surface area (Å²) in [6, 6.07) is -0.618. The molecule has 0 aliphatic heterocycles. The molecule has 0 aromatic rings. The minimum atomic E-state index is -1.07. The van der Waals surface area contributed by atoms with Gasteiger partial charge in [-0.25, -0.2) is 0 Å². The van der Waals surface area contributed by atoms with Gasteiger partial charge in [0.15, 0.2) is 0 Å². The number of aliphatic hydroxyl groups is 1. The van der Waals surface area contributed by atoms with E-state index in [1.165, 1.54) is 12.8 Å². The van der Waals surface area contributed by atoms with Gasteiger partial charge >= 0.3 is 29.6 Å². The van der Waals surface area contributed by atoms with E-state index >= 15 is 0 Å². The first-order valence-corrected chi connectivity index (χ1v) is 6.54. The van der Waals surface area contributed by atoms with Crippen LogP contribution >= 0.6 is 0 Å². The number of carboxylic acids is 1. The first kappa shape index (κ1) is 20.7. The SMILES string of the molecule is CC(C)CCCCCN(CCO)[C@@H](C)C(=O)[O-].[Na+]. The van der Waals surface area contributed by atoms with Crippen molar-refractivity contribution in [3.05, 3.63) is 0 Å². The molecule has 0 rings (SSSR count). The molecule has 0 amide bonds. The Labute approximate surface area is 133 Å². The summed E-state index contributed by atoms with van der Waals surface area (Å²) in [6.07, 6.45) is 4.49. The van der Waals surface area contributed by atoms with Crippen molar-refractivity contribution in [3.8, 4) is 0 Å². The minimum absolute atomic E-state index is 0. The summed E-state index contributed by atoms with van der Waals surface area (Å²) in [4.78, 5) is 12.5. The zero-order valence-electron chi connectivity index (χ0n) is 12.3. The molecule has 0 bridgehead atoms. The van der Waals surface area contributed by atoms with Gasteiger partial charge in [-0.3, -0.25) is 4.90 Å². The molecule has 0 heterocycles. The molecule has 0 saturated heterocycles. The monoisotopic (exact) mass is 267 g/mol. The molecule has 5 heteroatoms. The number of aliphatic hydroxyl groups excluding tert-OH is 1. The predicted octanol–water partition coefficient (Wildman–Crippen LogP) is -2.36. The molecule has 0 spiro atoms. The first-order valence-electron chi connectivity index (χ1n) is 6.54. The van der Waals surface area contributed by atoms with Gasteiger partial charge in [0.05, 0.1) is 12.6 Å². The Hall–Kier alpha value is 0.390. The van der Waals surface area contributed by atoms with Crippen LogP contribution in [0.4, 0.5) is 0 Å². The molecular formula is C13H26NNaO3. The number of hydrogen-bond donors (Lipinski definition) is 1. The summed E-state index contributed by atoms with van der Waals surface area (Å²) in [7, 11) is 0. The van der Waals surface area contributed by atoms with E-state index in [9.17, 15) is 9.90 Å². The van der Waals surface area contributed by atoms with Crippen LogP contribution in [-0.2, 0) is 4.79 Å². The van der Waals surface area contributed by atoms with E-state index in [1.807, 2.05) is 0 Å². The van der Waals surface area contributed by atoms with E-state index in [0.717, 1.165) is 18.8 Å². The van der Waals surface area contributed by atoms with Gasteiger partial charge in [-0.05, 0) is 25.8 Å². The van der Waals surface area contributed by atoms with E-state index in [-0.39, 0.29) is 36.2 Å². The number of aliphatic carboxylic acids is 1. The van der Waals surface area contributed by atoms with Crippen LogP contribution < -0.4 is 34.7 Å². The number of carboxylic acid groups (broad SMARTS) is 1. The van der Waals surface area contributed by atoms with Crippen LogP contribution in [0.25, 0.3) is 0 Å². The Morgan fingerprint density at radius 1 is 1.17 bits per heavy atom. The number of nitrogens with zero attached hydrogens (tertiary/aromatic N) is 1. The third-order valence-corrected chi connectivity index (χ3v) is 3.00. The van der Waals surface area contributed by atoms with Crippen molar-refractivity contribution in [2.45, 2.75) is 52.5 Å². The maximum absolute atomic E-state index is 10.8. The van der Waals surface area contributed by atoms with Gasteiger partial charge in [-0.15, -0.1) is 0 Å². The summed E-state index contributed by atoms with van der Waals surface area (Å²) in [5.74, 6) is -0.341. The average Bonchev–Trinajstić information content (AvgIpc) is 2.25. The zero-order chi connectivity index (χ0) is 13.3. The molecule has 0 aromatic heterocycles. The van der Waals surface area contributed by atoms with Crippen LogP contribution in [0.15, 0.2) is 0 Å². The second-order valence-corrected chi connectivity index (χ2v) is 5.00. The molecule has 0 radical (unpaired) electrons. The normalized spacial score (nSPS) is 12.6. The smallest absolute Gasteiger partial charge is 0.548 e. The third-order valence-electron chi connectivity index (χ3n) is 3.00. The molecule has 0 fully saturated rings. The fourth-order valence-corrected chi connectivity index (χ4v) is 1.82. The van der Waals surface area contributed by atoms with Gasteiger partial charge in [-0.2, -0.15) is 0 Å². The fraction of sp³-hybridized carbons (Fsp3) is 0.923. The number of carbonyl (C=O) groups is 1. The second-order valence-electron chi connectivity index (χ2n) is 5.00. The summed E-state index contributed by atoms with van der Waals surface area (Å²) >= 11 is 0. The summed E-state index contributed by atoms with van der Waals surface area (Å²) in [5, 5.41) is 19.6. The van der Waals surface area contributed by atoms with E-state index < -0.39 is 12.0 Å². The predicted molar refractivity (Wildman–Crippen MR) is 66.4 cm³/mol. The van der Waals surface area contributed by atoms with Crippen molar-refractivity contribution >= 4 is 5.97 Å². The van der Waals surface area contributed by atoms with Crippen molar-refractivity contribution in [1.82, 2.24) is 4.90 Å². The number of carbonyl (C=O) groups excluding carboxylic acids is 1. The molecule has 1 N–H and O–H groups in total. The van der Waals surface area contributed by atoms with Gasteiger partial charge < -0.3 is 15.0 Å². The van der Waals surface area contributed by atoms with Crippen LogP contribution in [-0.4, -0.2) is 41.7 Å². The van der Waals surface area contributed by atoms with Crippen molar-refractivity contribution in [3.63, 3.8) is 0 Å². The van der Waals surface area contributed by atoms with Crippen LogP contribution in [0.5, 0.6) is 0 Å². The number of hydrogen-bond acceptors (Lipinski definition) is 4. The van der Waals surface area contributed by atoms with Crippen molar-refractivity contribution < 1.29 is 44.6 Å². The molecule has 0 saturated carbocycles. The maximum Gasteiger partial charge on any atom is 1.00 e. The van der Waals surface area contributed by atoms with E-state index in [4.69, 9.17) is 5.11 Å². The Morgan fingerprint density at radius 2 is 1.78 bits per heavy atom. The molecule has 18 heavy (non-hydrogen) atoms. The Bertz CT molecular complexity index is 212. The molecule has 0 aliphatic carbocycles. The Kier molecular flexibility index (Phi) is 14.3. The van der Waals surface area contributed by atoms with E-state index in [0.29, 0.717) is 13.1 Å². The average molecular weight is 267 g/mol. The molecule has 0 aromatic carbocycles. The second kappa shape index (κ2) is 12.4. The summed E-state index contributed by atoms with van der Waals surface area (Å²) in [6.45, 7) is 7.13. The zero-order valence-corrected chi connectivity index (χ0v) is 14.3. The molecule has 4 nitrogen and oxygen atoms in total. The van der Waals surface area contributed by atoms with E-state index in [2.05, 4.69) is 13.8 Å². The molecular weight excluding hydrogens is 241 g/mol. The van der Waals surface area contributed by atoms with Gasteiger partial charge in [0.25, 0.3) is 0 Å². The van der Waals surface area contributed by atoms with Gasteiger partial charge in [0.2, 0.25) is 0 Å². The van der Waals surface area contributed by atoms with Gasteiger partial charge in [-0.1, -0.05) is 33.1 Å². The van der Waals surface area contributed by atoms with Crippen LogP contribution in [0, 0.1) is 5.92 Å². The molecule has 0 unspecified atom stereocenters. The van der Waals surface area contributed by atoms with Crippen molar-refractivity contribution in [2.75, 3.05) is 19.7 Å². The summed E-state index contributed by atoms with van der Waals surface area (Å²) < 4.78 is 0. The van der Waals surface area contributed by atoms with Gasteiger partial charge in [0, 0.05) is 12.6 Å². The van der Waals surface area contributed by atoms with Crippen LogP contribution in [0.2, 0.25) is 0 Å². The first-order chi connectivity index (χ1) is 7.99. The fourth-order valence-electron chi connectivity index (χ4n) is 1.82. The summed E-state index contributed by atoms with van der Waals surface area (Å²) in [5.41, 5.74) is 0. The number of unbranched alkanes of at least 4 members (excludes halogenated alkanes) is 2. The quantitative estimate of drug-likeness (QED) is 0.355. The minimum Gasteiger partial charge on any atom is -0.548 e. The van der Waals surface area contributed by atoms with Crippen LogP contribution in [0.1, 0.15) is 46.5 Å². The van der Waals surface area contributed by atoms with Crippen molar-refractivity contribution in [2.24, 2.45) is 5.92 Å². The topological polar surface area (TPSA) is 63.6 Å². The largest absolute Gasteiger partial charge is 1.00 e. The number of rotatable bonds is 10. The Balaban J connectivity index is 0. The van der Waals surface area contributed by atoms with Crippen molar-refractivity contribution in [1.29, 1.82) is 0 Å². The van der Waals surface area contributed by atoms with Crippen LogP contribution in [0.3, 0.4) is 0 Å². The van der Waals surface area contributed by atoms with Gasteiger partial charge in [0.1, 0.15) is 0 Å².